The minimum absolute atomic E-state index is 0.152. The Labute approximate surface area is 94.5 Å². The highest BCUT2D eigenvalue weighted by molar-refractivity contribution is 5.93. The van der Waals surface area contributed by atoms with Crippen molar-refractivity contribution in [2.75, 3.05) is 33.9 Å². The first kappa shape index (κ1) is 14.8. The first-order valence-corrected chi connectivity index (χ1v) is 4.90. The molecule has 0 fully saturated rings. The third kappa shape index (κ3) is 8.16. The van der Waals surface area contributed by atoms with Crippen LogP contribution in [0.15, 0.2) is 0 Å². The van der Waals surface area contributed by atoms with Gasteiger partial charge in [0.05, 0.1) is 12.7 Å². The average molecular weight is 233 g/mol. The minimum atomic E-state index is -0.855. The van der Waals surface area contributed by atoms with Gasteiger partial charge in [0.2, 0.25) is 5.91 Å². The summed E-state index contributed by atoms with van der Waals surface area (Å²) in [6.45, 7) is 1.08. The van der Waals surface area contributed by atoms with Crippen LogP contribution in [0.5, 0.6) is 0 Å². The fourth-order valence-corrected chi connectivity index (χ4v) is 1.19. The van der Waals surface area contributed by atoms with Crippen LogP contribution < -0.4 is 11.1 Å². The number of amides is 3. The molecule has 0 radical (unpaired) electrons. The van der Waals surface area contributed by atoms with Crippen molar-refractivity contribution in [1.29, 1.82) is 0 Å². The molecular formula is C9H19N3O4. The molecule has 0 saturated heterocycles. The quantitative estimate of drug-likeness (QED) is 0.497. The van der Waals surface area contributed by atoms with Gasteiger partial charge in [-0.25, -0.2) is 4.79 Å². The minimum Gasteiger partial charge on any atom is -0.389 e. The van der Waals surface area contributed by atoms with E-state index in [2.05, 4.69) is 0 Å². The standard InChI is InChI=1S/C9H19N3O4/c1-12(5-7(13)6-16-2)4-3-8(14)11-9(10)15/h7,13H,3-6H2,1-2H3,(H3,10,11,14,15). The van der Waals surface area contributed by atoms with Crippen LogP contribution in [0.1, 0.15) is 6.42 Å². The molecule has 0 aromatic rings. The smallest absolute Gasteiger partial charge is 0.318 e. The number of aliphatic hydroxyl groups is 1. The van der Waals surface area contributed by atoms with Crippen molar-refractivity contribution >= 4 is 11.9 Å². The number of nitrogens with one attached hydrogen (secondary N) is 1. The van der Waals surface area contributed by atoms with Crippen LogP contribution in [-0.2, 0) is 9.53 Å². The second kappa shape index (κ2) is 8.03. The highest BCUT2D eigenvalue weighted by atomic mass is 16.5. The number of carbonyl (C=O) groups excluding carboxylic acids is 2. The number of ether oxygens (including phenoxy) is 1. The molecule has 94 valence electrons. The number of carbonyl (C=O) groups is 2. The molecule has 16 heavy (non-hydrogen) atoms. The number of nitrogens with zero attached hydrogens (tertiary/aromatic N) is 1. The van der Waals surface area contributed by atoms with Crippen molar-refractivity contribution in [2.24, 2.45) is 5.73 Å². The molecule has 0 spiro atoms. The number of hydrogen-bond donors (Lipinski definition) is 3. The lowest BCUT2D eigenvalue weighted by atomic mass is 10.3. The SMILES string of the molecule is COCC(O)CN(C)CCC(=O)NC(N)=O. The maximum atomic E-state index is 11.0. The van der Waals surface area contributed by atoms with Gasteiger partial charge >= 0.3 is 6.03 Å². The lowest BCUT2D eigenvalue weighted by molar-refractivity contribution is -0.120. The van der Waals surface area contributed by atoms with Gasteiger partial charge in [-0.2, -0.15) is 0 Å². The molecule has 0 aliphatic rings. The van der Waals surface area contributed by atoms with Gasteiger partial charge in [-0.1, -0.05) is 0 Å². The van der Waals surface area contributed by atoms with Crippen molar-refractivity contribution in [3.63, 3.8) is 0 Å². The van der Waals surface area contributed by atoms with Crippen LogP contribution in [-0.4, -0.2) is 61.9 Å². The van der Waals surface area contributed by atoms with Gasteiger partial charge in [0.1, 0.15) is 0 Å². The summed E-state index contributed by atoms with van der Waals surface area (Å²) in [5, 5.41) is 11.4. The number of aliphatic hydroxyl groups excluding tert-OH is 1. The van der Waals surface area contributed by atoms with Crippen molar-refractivity contribution in [1.82, 2.24) is 10.2 Å². The Morgan fingerprint density at radius 3 is 2.69 bits per heavy atom. The summed E-state index contributed by atoms with van der Waals surface area (Å²) in [5.41, 5.74) is 4.78. The molecule has 0 bridgehead atoms. The molecule has 0 heterocycles. The summed E-state index contributed by atoms with van der Waals surface area (Å²) >= 11 is 0. The summed E-state index contributed by atoms with van der Waals surface area (Å²) in [6, 6.07) is -0.855. The zero-order chi connectivity index (χ0) is 12.6. The summed E-state index contributed by atoms with van der Waals surface area (Å²) in [7, 11) is 3.26. The van der Waals surface area contributed by atoms with Gasteiger partial charge < -0.3 is 20.5 Å². The van der Waals surface area contributed by atoms with E-state index in [-0.39, 0.29) is 13.0 Å². The van der Waals surface area contributed by atoms with Crippen molar-refractivity contribution in [2.45, 2.75) is 12.5 Å². The van der Waals surface area contributed by atoms with E-state index in [1.807, 2.05) is 5.32 Å². The number of urea groups is 1. The molecule has 7 nitrogen and oxygen atoms in total. The molecule has 0 saturated carbocycles. The number of nitrogens with two attached hydrogens (primary N) is 1. The van der Waals surface area contributed by atoms with Crippen LogP contribution in [0, 0.1) is 0 Å². The Hall–Kier alpha value is -1.18. The summed E-state index contributed by atoms with van der Waals surface area (Å²) in [6.07, 6.45) is -0.437. The second-order valence-corrected chi connectivity index (χ2v) is 3.53. The van der Waals surface area contributed by atoms with E-state index in [1.54, 1.807) is 11.9 Å². The molecule has 4 N–H and O–H groups in total. The summed E-state index contributed by atoms with van der Waals surface area (Å²) in [5.74, 6) is -0.430. The van der Waals surface area contributed by atoms with E-state index in [1.165, 1.54) is 7.11 Å². The molecule has 0 rings (SSSR count). The summed E-state index contributed by atoms with van der Waals surface area (Å²) < 4.78 is 4.77. The lowest BCUT2D eigenvalue weighted by Gasteiger charge is -2.19. The Balaban J connectivity index is 3.67. The van der Waals surface area contributed by atoms with Gasteiger partial charge in [0, 0.05) is 26.6 Å². The summed E-state index contributed by atoms with van der Waals surface area (Å²) in [4.78, 5) is 23.1. The van der Waals surface area contributed by atoms with Gasteiger partial charge in [-0.3, -0.25) is 10.1 Å². The number of hydrogen-bond acceptors (Lipinski definition) is 5. The van der Waals surface area contributed by atoms with Crippen LogP contribution in [0.4, 0.5) is 4.79 Å². The monoisotopic (exact) mass is 233 g/mol. The first-order chi connectivity index (χ1) is 7.45. The van der Waals surface area contributed by atoms with E-state index in [4.69, 9.17) is 10.5 Å². The zero-order valence-corrected chi connectivity index (χ0v) is 9.60. The van der Waals surface area contributed by atoms with E-state index in [0.717, 1.165) is 0 Å². The topological polar surface area (TPSA) is 105 Å². The Morgan fingerprint density at radius 2 is 2.19 bits per heavy atom. The van der Waals surface area contributed by atoms with Crippen LogP contribution in [0.25, 0.3) is 0 Å². The van der Waals surface area contributed by atoms with Crippen molar-refractivity contribution < 1.29 is 19.4 Å². The van der Waals surface area contributed by atoms with Gasteiger partial charge in [0.25, 0.3) is 0 Å². The Morgan fingerprint density at radius 1 is 1.56 bits per heavy atom. The molecule has 3 amide bonds. The lowest BCUT2D eigenvalue weighted by Crippen LogP contribution is -2.38. The van der Waals surface area contributed by atoms with E-state index >= 15 is 0 Å². The largest absolute Gasteiger partial charge is 0.389 e. The molecule has 0 aliphatic carbocycles. The fraction of sp³-hybridized carbons (Fsp3) is 0.778. The van der Waals surface area contributed by atoms with Crippen molar-refractivity contribution in [3.8, 4) is 0 Å². The molecule has 0 aromatic carbocycles. The highest BCUT2D eigenvalue weighted by Gasteiger charge is 2.10. The highest BCUT2D eigenvalue weighted by Crippen LogP contribution is 1.92. The Bertz CT molecular complexity index is 235. The first-order valence-electron chi connectivity index (χ1n) is 4.90. The predicted octanol–water partition coefficient (Wildman–Crippen LogP) is -1.49. The molecular weight excluding hydrogens is 214 g/mol. The van der Waals surface area contributed by atoms with E-state index in [9.17, 15) is 14.7 Å². The zero-order valence-electron chi connectivity index (χ0n) is 9.60. The molecule has 1 atom stereocenters. The number of imide groups is 1. The normalized spacial score (nSPS) is 12.5. The van der Waals surface area contributed by atoms with Gasteiger partial charge in [-0.05, 0) is 7.05 Å². The van der Waals surface area contributed by atoms with Crippen LogP contribution >= 0.6 is 0 Å². The maximum absolute atomic E-state index is 11.0. The molecule has 0 aromatic heterocycles. The number of likely N-dealkylation sites (N-methyl/N-ethyl adjacent to an activating group) is 1. The number of rotatable bonds is 7. The molecule has 0 aliphatic heterocycles. The van der Waals surface area contributed by atoms with E-state index in [0.29, 0.717) is 13.1 Å². The third-order valence-electron chi connectivity index (χ3n) is 1.86. The third-order valence-corrected chi connectivity index (χ3v) is 1.86. The molecule has 1 unspecified atom stereocenters. The predicted molar refractivity (Wildman–Crippen MR) is 57.7 cm³/mol. The average Bonchev–Trinajstić information content (AvgIpc) is 2.14. The number of methoxy groups -OCH3 is 1. The van der Waals surface area contributed by atoms with Crippen LogP contribution in [0.2, 0.25) is 0 Å². The molecule has 7 heteroatoms. The fourth-order valence-electron chi connectivity index (χ4n) is 1.19. The Kier molecular flexibility index (Phi) is 7.44. The van der Waals surface area contributed by atoms with Crippen LogP contribution in [0.3, 0.4) is 0 Å². The van der Waals surface area contributed by atoms with Gasteiger partial charge in [0.15, 0.2) is 0 Å². The second-order valence-electron chi connectivity index (χ2n) is 3.53. The van der Waals surface area contributed by atoms with Crippen molar-refractivity contribution in [3.05, 3.63) is 0 Å². The van der Waals surface area contributed by atoms with Gasteiger partial charge in [-0.15, -0.1) is 0 Å². The number of primary amides is 1. The van der Waals surface area contributed by atoms with E-state index < -0.39 is 18.0 Å². The maximum Gasteiger partial charge on any atom is 0.318 e.